The molecule has 1 heterocycles. The highest BCUT2D eigenvalue weighted by molar-refractivity contribution is 6.35. The fraction of sp³-hybridized carbons (Fsp3) is 0.714. The minimum atomic E-state index is -1.97. The second-order valence-corrected chi connectivity index (χ2v) is 3.37. The van der Waals surface area contributed by atoms with E-state index in [9.17, 15) is 9.59 Å². The number of amides is 2. The van der Waals surface area contributed by atoms with Gasteiger partial charge in [-0.25, -0.2) is 9.69 Å². The zero-order chi connectivity index (χ0) is 10.2. The number of carbonyl (C=O) groups excluding carboxylic acids is 2. The fourth-order valence-electron chi connectivity index (χ4n) is 1.01. The number of ether oxygens (including phenoxy) is 2. The number of alkyl halides is 1. The van der Waals surface area contributed by atoms with E-state index in [-0.39, 0.29) is 6.04 Å². The van der Waals surface area contributed by atoms with Gasteiger partial charge in [0.05, 0.1) is 0 Å². The molecule has 0 aromatic rings. The first-order valence-corrected chi connectivity index (χ1v) is 4.11. The molecule has 1 rings (SSSR count). The maximum atomic E-state index is 11.4. The molecule has 5 nitrogen and oxygen atoms in total. The number of cyclic esters (lactones) is 1. The van der Waals surface area contributed by atoms with Crippen LogP contribution < -0.4 is 0 Å². The zero-order valence-electron chi connectivity index (χ0n) is 7.54. The molecule has 74 valence electrons. The number of halogens is 1. The van der Waals surface area contributed by atoms with Crippen LogP contribution in [0.2, 0.25) is 0 Å². The van der Waals surface area contributed by atoms with Crippen molar-refractivity contribution in [1.82, 2.24) is 4.90 Å². The third kappa shape index (κ3) is 1.49. The van der Waals surface area contributed by atoms with Crippen LogP contribution in [0, 0.1) is 0 Å². The van der Waals surface area contributed by atoms with Crippen LogP contribution in [0.3, 0.4) is 0 Å². The molecule has 13 heavy (non-hydrogen) atoms. The van der Waals surface area contributed by atoms with Gasteiger partial charge in [0.25, 0.3) is 0 Å². The van der Waals surface area contributed by atoms with Crippen LogP contribution in [0.25, 0.3) is 0 Å². The summed E-state index contributed by atoms with van der Waals surface area (Å²) in [4.78, 5) is 23.5. The van der Waals surface area contributed by atoms with Crippen molar-refractivity contribution in [1.29, 1.82) is 0 Å². The average Bonchev–Trinajstić information content (AvgIpc) is 2.24. The second-order valence-electron chi connectivity index (χ2n) is 2.88. The summed E-state index contributed by atoms with van der Waals surface area (Å²) >= 11 is 5.58. The SMILES string of the molecule is COC1(Cl)OC(=O)N(C(C)C)C1=O. The number of methoxy groups -OCH3 is 1. The molecule has 0 radical (unpaired) electrons. The van der Waals surface area contributed by atoms with Crippen molar-refractivity contribution in [2.45, 2.75) is 25.1 Å². The summed E-state index contributed by atoms with van der Waals surface area (Å²) in [6.07, 6.45) is -0.781. The lowest BCUT2D eigenvalue weighted by molar-refractivity contribution is -0.156. The molecule has 1 unspecified atom stereocenters. The van der Waals surface area contributed by atoms with Crippen LogP contribution in [0.1, 0.15) is 13.8 Å². The minimum Gasteiger partial charge on any atom is -0.393 e. The van der Waals surface area contributed by atoms with E-state index in [1.807, 2.05) is 0 Å². The lowest BCUT2D eigenvalue weighted by atomic mass is 10.3. The van der Waals surface area contributed by atoms with Gasteiger partial charge in [0.15, 0.2) is 0 Å². The number of hydrogen-bond donors (Lipinski definition) is 0. The van der Waals surface area contributed by atoms with Gasteiger partial charge in [0, 0.05) is 13.2 Å². The summed E-state index contributed by atoms with van der Waals surface area (Å²) in [5.41, 5.74) is 0. The Labute approximate surface area is 80.5 Å². The standard InChI is InChI=1S/C7H10ClNO4/c1-4(2)9-5(10)7(8,12-3)13-6(9)11/h4H,1-3H3. The summed E-state index contributed by atoms with van der Waals surface area (Å²) < 4.78 is 9.16. The summed E-state index contributed by atoms with van der Waals surface area (Å²) in [6.45, 7) is 3.36. The Kier molecular flexibility index (Phi) is 2.49. The van der Waals surface area contributed by atoms with Crippen molar-refractivity contribution in [3.63, 3.8) is 0 Å². The third-order valence-electron chi connectivity index (χ3n) is 1.67. The molecule has 0 aromatic heterocycles. The number of carbonyl (C=O) groups is 2. The Hall–Kier alpha value is -0.810. The van der Waals surface area contributed by atoms with Crippen LogP contribution in [-0.2, 0) is 14.3 Å². The second kappa shape index (κ2) is 3.16. The first-order chi connectivity index (χ1) is 5.92. The smallest absolute Gasteiger partial charge is 0.393 e. The molecule has 1 aliphatic heterocycles. The maximum Gasteiger partial charge on any atom is 0.420 e. The average molecular weight is 208 g/mol. The monoisotopic (exact) mass is 207 g/mol. The van der Waals surface area contributed by atoms with Crippen molar-refractivity contribution < 1.29 is 19.1 Å². The molecular weight excluding hydrogens is 198 g/mol. The molecule has 2 amide bonds. The summed E-state index contributed by atoms with van der Waals surface area (Å²) in [5, 5.41) is -1.97. The molecule has 0 aliphatic carbocycles. The summed E-state index contributed by atoms with van der Waals surface area (Å²) in [6, 6.07) is -0.296. The highest BCUT2D eigenvalue weighted by Gasteiger charge is 2.54. The Morgan fingerprint density at radius 2 is 2.08 bits per heavy atom. The van der Waals surface area contributed by atoms with E-state index in [0.29, 0.717) is 0 Å². The molecule has 0 aromatic carbocycles. The van der Waals surface area contributed by atoms with Crippen LogP contribution in [0.5, 0.6) is 0 Å². The van der Waals surface area contributed by atoms with E-state index in [1.165, 1.54) is 7.11 Å². The number of hydrogen-bond acceptors (Lipinski definition) is 4. The van der Waals surface area contributed by atoms with Crippen LogP contribution in [0.15, 0.2) is 0 Å². The van der Waals surface area contributed by atoms with Crippen molar-refractivity contribution in [3.8, 4) is 0 Å². The molecule has 1 aliphatic rings. The zero-order valence-corrected chi connectivity index (χ0v) is 8.29. The number of imide groups is 1. The predicted octanol–water partition coefficient (Wildman–Crippen LogP) is 0.913. The van der Waals surface area contributed by atoms with Gasteiger partial charge in [0.1, 0.15) is 0 Å². The van der Waals surface area contributed by atoms with Gasteiger partial charge in [-0.2, -0.15) is 0 Å². The van der Waals surface area contributed by atoms with E-state index in [2.05, 4.69) is 9.47 Å². The Morgan fingerprint density at radius 3 is 2.31 bits per heavy atom. The van der Waals surface area contributed by atoms with Gasteiger partial charge in [0.2, 0.25) is 0 Å². The highest BCUT2D eigenvalue weighted by atomic mass is 35.5. The third-order valence-corrected chi connectivity index (χ3v) is 2.06. The van der Waals surface area contributed by atoms with E-state index in [4.69, 9.17) is 11.6 Å². The molecule has 1 saturated heterocycles. The molecule has 0 spiro atoms. The van der Waals surface area contributed by atoms with Crippen molar-refractivity contribution in [2.24, 2.45) is 0 Å². The quantitative estimate of drug-likeness (QED) is 0.632. The molecular formula is C7H10ClNO4. The molecule has 1 fully saturated rings. The van der Waals surface area contributed by atoms with Gasteiger partial charge in [-0.3, -0.25) is 4.79 Å². The Bertz CT molecular complexity index is 255. The molecule has 1 atom stereocenters. The summed E-state index contributed by atoms with van der Waals surface area (Å²) in [5.74, 6) is -0.684. The van der Waals surface area contributed by atoms with Gasteiger partial charge >= 0.3 is 17.2 Å². The largest absolute Gasteiger partial charge is 0.420 e. The Morgan fingerprint density at radius 1 is 1.54 bits per heavy atom. The van der Waals surface area contributed by atoms with E-state index < -0.39 is 17.2 Å². The van der Waals surface area contributed by atoms with Crippen LogP contribution >= 0.6 is 11.6 Å². The van der Waals surface area contributed by atoms with Gasteiger partial charge in [-0.1, -0.05) is 0 Å². The number of rotatable bonds is 2. The van der Waals surface area contributed by atoms with Crippen molar-refractivity contribution >= 4 is 23.6 Å². The lowest BCUT2D eigenvalue weighted by Crippen LogP contribution is -2.41. The molecule has 0 bridgehead atoms. The van der Waals surface area contributed by atoms with Crippen LogP contribution in [-0.4, -0.2) is 35.3 Å². The van der Waals surface area contributed by atoms with E-state index in [0.717, 1.165) is 4.90 Å². The van der Waals surface area contributed by atoms with Gasteiger partial charge < -0.3 is 9.47 Å². The maximum absolute atomic E-state index is 11.4. The number of nitrogens with zero attached hydrogens (tertiary/aromatic N) is 1. The molecule has 6 heteroatoms. The van der Waals surface area contributed by atoms with Crippen LogP contribution in [0.4, 0.5) is 4.79 Å². The predicted molar refractivity (Wildman–Crippen MR) is 44.1 cm³/mol. The van der Waals surface area contributed by atoms with Gasteiger partial charge in [-0.05, 0) is 25.4 Å². The Balaban J connectivity index is 2.94. The van der Waals surface area contributed by atoms with Gasteiger partial charge in [-0.15, -0.1) is 0 Å². The molecule has 0 saturated carbocycles. The van der Waals surface area contributed by atoms with Crippen molar-refractivity contribution in [3.05, 3.63) is 0 Å². The first kappa shape index (κ1) is 10.3. The van der Waals surface area contributed by atoms with E-state index in [1.54, 1.807) is 13.8 Å². The normalized spacial score (nSPS) is 28.5. The molecule has 0 N–H and O–H groups in total. The van der Waals surface area contributed by atoms with Crippen molar-refractivity contribution in [2.75, 3.05) is 7.11 Å². The first-order valence-electron chi connectivity index (χ1n) is 3.73. The lowest BCUT2D eigenvalue weighted by Gasteiger charge is -2.16. The fourth-order valence-corrected chi connectivity index (χ4v) is 1.16. The highest BCUT2D eigenvalue weighted by Crippen LogP contribution is 2.30. The minimum absolute atomic E-state index is 0.296. The van der Waals surface area contributed by atoms with E-state index >= 15 is 0 Å². The topological polar surface area (TPSA) is 55.8 Å². The summed E-state index contributed by atoms with van der Waals surface area (Å²) in [7, 11) is 1.20.